The van der Waals surface area contributed by atoms with Crippen LogP contribution in [0.4, 0.5) is 0 Å². The Morgan fingerprint density at radius 1 is 1.13 bits per heavy atom. The van der Waals surface area contributed by atoms with Gasteiger partial charge in [-0.1, -0.05) is 0 Å². The van der Waals surface area contributed by atoms with Crippen LogP contribution < -0.4 is 2.81 Å². The summed E-state index contributed by atoms with van der Waals surface area (Å²) < 4.78 is 6.78. The molecule has 0 amide bonds. The molecule has 1 aromatic rings. The van der Waals surface area contributed by atoms with E-state index in [1.807, 2.05) is 48.6 Å². The molecule has 1 aliphatic rings. The Hall–Kier alpha value is -0.0369. The van der Waals surface area contributed by atoms with Gasteiger partial charge >= 0.3 is 102 Å². The second-order valence-corrected chi connectivity index (χ2v) is 15.3. The number of hydrogen-bond acceptors (Lipinski definition) is 1. The summed E-state index contributed by atoms with van der Waals surface area (Å²) >= 11 is -3.53. The van der Waals surface area contributed by atoms with E-state index in [0.29, 0.717) is 0 Å². The van der Waals surface area contributed by atoms with Gasteiger partial charge in [-0.05, 0) is 0 Å². The van der Waals surface area contributed by atoms with Crippen LogP contribution in [0, 0.1) is 0 Å². The number of allylic oxidation sites excluding steroid dienone is 4. The third-order valence-corrected chi connectivity index (χ3v) is 9.88. The minimum atomic E-state index is -3.53. The van der Waals surface area contributed by atoms with E-state index >= 15 is 0 Å². The molecule has 0 aliphatic heterocycles. The molecule has 0 spiro atoms. The summed E-state index contributed by atoms with van der Waals surface area (Å²) in [6.07, 6.45) is 6.81. The summed E-state index contributed by atoms with van der Waals surface area (Å²) in [4.78, 5) is 0. The third kappa shape index (κ3) is 2.96. The van der Waals surface area contributed by atoms with Crippen LogP contribution in [-0.2, 0) is 18.3 Å². The van der Waals surface area contributed by atoms with Crippen LogP contribution in [0.1, 0.15) is 6.42 Å². The summed E-state index contributed by atoms with van der Waals surface area (Å²) in [6, 6.07) is 9.50. The maximum atomic E-state index is 6.32. The van der Waals surface area contributed by atoms with Gasteiger partial charge in [-0.2, -0.15) is 0 Å². The zero-order valence-corrected chi connectivity index (χ0v) is 12.0. The monoisotopic (exact) mass is 318 g/mol. The Morgan fingerprint density at radius 3 is 2.47 bits per heavy atom. The zero-order valence-electron chi connectivity index (χ0n) is 7.99. The van der Waals surface area contributed by atoms with Crippen molar-refractivity contribution in [2.45, 2.75) is 6.42 Å². The van der Waals surface area contributed by atoms with Gasteiger partial charge in [-0.15, -0.1) is 0 Å². The average molecular weight is 320 g/mol. The molecule has 1 aromatic carbocycles. The van der Waals surface area contributed by atoms with Crippen molar-refractivity contribution in [1.82, 2.24) is 0 Å². The molecular formula is C11H10Cl2OZr. The molecule has 0 atom stereocenters. The average Bonchev–Trinajstić information content (AvgIpc) is 2.71. The molecule has 2 rings (SSSR count). The first kappa shape index (κ1) is 11.4. The van der Waals surface area contributed by atoms with Gasteiger partial charge in [0.15, 0.2) is 0 Å². The zero-order chi connectivity index (χ0) is 10.7. The van der Waals surface area contributed by atoms with Gasteiger partial charge in [0.1, 0.15) is 0 Å². The van der Waals surface area contributed by atoms with Crippen LogP contribution in [-0.4, -0.2) is 0 Å². The van der Waals surface area contributed by atoms with E-state index < -0.39 is 18.3 Å². The minimum absolute atomic E-state index is 0.756. The van der Waals surface area contributed by atoms with Crippen molar-refractivity contribution in [3.8, 4) is 5.75 Å². The van der Waals surface area contributed by atoms with Gasteiger partial charge in [0.2, 0.25) is 0 Å². The summed E-state index contributed by atoms with van der Waals surface area (Å²) in [7, 11) is 12.6. The van der Waals surface area contributed by atoms with Crippen molar-refractivity contribution in [3.05, 3.63) is 51.8 Å². The molecule has 0 unspecified atom stereocenters. The van der Waals surface area contributed by atoms with Crippen molar-refractivity contribution in [3.63, 3.8) is 0 Å². The molecule has 1 aliphatic carbocycles. The molecule has 0 heterocycles. The SMILES string of the molecule is [Cl][Zr]([Cl])([O]c1ccccc1)[C]1=CC=CC1. The molecule has 0 bridgehead atoms. The van der Waals surface area contributed by atoms with Crippen LogP contribution >= 0.6 is 17.0 Å². The van der Waals surface area contributed by atoms with Crippen LogP contribution in [0.3, 0.4) is 0 Å². The van der Waals surface area contributed by atoms with E-state index in [-0.39, 0.29) is 0 Å². The van der Waals surface area contributed by atoms with Crippen molar-refractivity contribution >= 4 is 17.0 Å². The maximum absolute atomic E-state index is 6.32. The first-order chi connectivity index (χ1) is 7.18. The summed E-state index contributed by atoms with van der Waals surface area (Å²) in [5, 5.41) is 0. The fraction of sp³-hybridized carbons (Fsp3) is 0.0909. The molecular weight excluding hydrogens is 310 g/mol. The number of para-hydroxylation sites is 1. The van der Waals surface area contributed by atoms with Crippen molar-refractivity contribution in [2.24, 2.45) is 0 Å². The fourth-order valence-corrected chi connectivity index (χ4v) is 7.05. The molecule has 0 saturated carbocycles. The molecule has 0 radical (unpaired) electrons. The van der Waals surface area contributed by atoms with Crippen LogP contribution in [0.15, 0.2) is 51.8 Å². The number of rotatable bonds is 3. The third-order valence-electron chi connectivity index (χ3n) is 2.13. The van der Waals surface area contributed by atoms with Crippen LogP contribution in [0.5, 0.6) is 5.75 Å². The molecule has 78 valence electrons. The summed E-state index contributed by atoms with van der Waals surface area (Å²) in [5.41, 5.74) is 0. The second kappa shape index (κ2) is 4.86. The van der Waals surface area contributed by atoms with Gasteiger partial charge in [0.05, 0.1) is 0 Å². The molecule has 0 N–H and O–H groups in total. The van der Waals surface area contributed by atoms with E-state index in [1.54, 1.807) is 0 Å². The fourth-order valence-electron chi connectivity index (χ4n) is 1.37. The van der Waals surface area contributed by atoms with Crippen LogP contribution in [0.2, 0.25) is 0 Å². The van der Waals surface area contributed by atoms with Crippen molar-refractivity contribution < 1.29 is 21.1 Å². The van der Waals surface area contributed by atoms with Crippen LogP contribution in [0.25, 0.3) is 0 Å². The Morgan fingerprint density at radius 2 is 1.87 bits per heavy atom. The molecule has 4 heteroatoms. The number of hydrogen-bond donors (Lipinski definition) is 0. The predicted molar refractivity (Wildman–Crippen MR) is 60.6 cm³/mol. The summed E-state index contributed by atoms with van der Waals surface area (Å²) in [5.74, 6) is 0.756. The Balaban J connectivity index is 2.11. The first-order valence-corrected chi connectivity index (χ1v) is 13.2. The van der Waals surface area contributed by atoms with Gasteiger partial charge in [-0.3, -0.25) is 0 Å². The van der Waals surface area contributed by atoms with E-state index in [0.717, 1.165) is 15.5 Å². The predicted octanol–water partition coefficient (Wildman–Crippen LogP) is 4.29. The quantitative estimate of drug-likeness (QED) is 0.807. The second-order valence-electron chi connectivity index (χ2n) is 3.26. The Labute approximate surface area is 101 Å². The standard InChI is InChI=1S/C6H6O.C5H5.2ClH.Zr/c7-6-4-2-1-3-5-6;1-2-4-5-3-1;;;/h1-5,7H;1-3H,4H2;2*1H;/q;;;;+3/p-3. The molecule has 0 aromatic heterocycles. The molecule has 0 saturated heterocycles. The molecule has 15 heavy (non-hydrogen) atoms. The Bertz CT molecular complexity index is 398. The van der Waals surface area contributed by atoms with E-state index in [9.17, 15) is 0 Å². The Kier molecular flexibility index (Phi) is 3.71. The molecule has 1 nitrogen and oxygen atoms in total. The van der Waals surface area contributed by atoms with Gasteiger partial charge in [0, 0.05) is 0 Å². The first-order valence-electron chi connectivity index (χ1n) is 4.66. The van der Waals surface area contributed by atoms with E-state index in [4.69, 9.17) is 19.8 Å². The summed E-state index contributed by atoms with van der Waals surface area (Å²) in [6.45, 7) is 0. The van der Waals surface area contributed by atoms with E-state index in [2.05, 4.69) is 0 Å². The van der Waals surface area contributed by atoms with Crippen molar-refractivity contribution in [2.75, 3.05) is 0 Å². The topological polar surface area (TPSA) is 9.23 Å². The number of benzene rings is 1. The molecule has 0 fully saturated rings. The van der Waals surface area contributed by atoms with Gasteiger partial charge in [-0.25, -0.2) is 0 Å². The van der Waals surface area contributed by atoms with E-state index in [1.165, 1.54) is 0 Å². The number of halogens is 2. The van der Waals surface area contributed by atoms with Crippen molar-refractivity contribution in [1.29, 1.82) is 0 Å². The normalized spacial score (nSPS) is 15.2. The van der Waals surface area contributed by atoms with Gasteiger partial charge < -0.3 is 0 Å². The van der Waals surface area contributed by atoms with Gasteiger partial charge in [0.25, 0.3) is 0 Å².